The molecule has 2 amide bonds. The highest BCUT2D eigenvalue weighted by Gasteiger charge is 2.36. The molecule has 3 aliphatic rings. The van der Waals surface area contributed by atoms with Crippen molar-refractivity contribution in [2.75, 3.05) is 7.11 Å². The van der Waals surface area contributed by atoms with Gasteiger partial charge in [-0.25, -0.2) is 0 Å². The van der Waals surface area contributed by atoms with Gasteiger partial charge >= 0.3 is 11.9 Å². The summed E-state index contributed by atoms with van der Waals surface area (Å²) in [6, 6.07) is -0.608. The first-order chi connectivity index (χ1) is 20.9. The first kappa shape index (κ1) is 32.7. The summed E-state index contributed by atoms with van der Waals surface area (Å²) in [5, 5.41) is 15.6. The van der Waals surface area contributed by atoms with Crippen LogP contribution >= 0.6 is 0 Å². The number of aromatic amines is 1. The number of hydrogen-bond acceptors (Lipinski definition) is 6. The standard InChI is InChI=1S/C34H44N4O6/c1-8-21-20(6)33(42)38-28(21)15-26-18(4)23(10-12-31(39)40)29(36-26)16-30-24(11-13-32(41)44-7)19(5)25(35-30)14-27-17(3)22(9-2)34(43)37-27/h8-9,20,27-29,35H,2,10-16H2,1,3-7H3,(H,37,43)(H,38,42)(H,39,40). The average molecular weight is 605 g/mol. The second kappa shape index (κ2) is 13.6. The number of nitrogens with zero attached hydrogens (tertiary/aromatic N) is 1. The van der Waals surface area contributed by atoms with Crippen molar-refractivity contribution in [2.24, 2.45) is 10.9 Å². The Labute approximate surface area is 258 Å². The molecular weight excluding hydrogens is 560 g/mol. The monoisotopic (exact) mass is 604 g/mol. The van der Waals surface area contributed by atoms with Gasteiger partial charge in [-0.2, -0.15) is 0 Å². The first-order valence-electron chi connectivity index (χ1n) is 15.2. The Hall–Kier alpha value is -4.21. The molecule has 236 valence electrons. The van der Waals surface area contributed by atoms with E-state index in [1.54, 1.807) is 6.08 Å². The number of H-pyrrole nitrogens is 1. The van der Waals surface area contributed by atoms with Crippen LogP contribution in [0.25, 0.3) is 0 Å². The van der Waals surface area contributed by atoms with Crippen molar-refractivity contribution in [1.82, 2.24) is 15.6 Å². The van der Waals surface area contributed by atoms with E-state index in [1.807, 2.05) is 40.7 Å². The second-order valence-electron chi connectivity index (χ2n) is 11.9. The number of nitrogens with one attached hydrogen (secondary N) is 3. The topological polar surface area (TPSA) is 150 Å². The predicted octanol–water partition coefficient (Wildman–Crippen LogP) is 3.99. The van der Waals surface area contributed by atoms with Gasteiger partial charge in [-0.1, -0.05) is 18.7 Å². The minimum absolute atomic E-state index is 0.000589. The quantitative estimate of drug-likeness (QED) is 0.198. The van der Waals surface area contributed by atoms with Crippen molar-refractivity contribution < 1.29 is 29.0 Å². The summed E-state index contributed by atoms with van der Waals surface area (Å²) in [7, 11) is 1.37. The van der Waals surface area contributed by atoms with Crippen LogP contribution in [0.2, 0.25) is 0 Å². The SMILES string of the molecule is C=CC1=C(C)C(Cc2[nH]c(CC3N=C(CC4NC(=O)C(C)C4=CC)C(C)=C3CCC(=O)O)c(CCC(=O)OC)c2C)NC1=O. The molecule has 0 saturated carbocycles. The molecular formula is C34H44N4O6. The van der Waals surface area contributed by atoms with Gasteiger partial charge in [-0.3, -0.25) is 24.2 Å². The van der Waals surface area contributed by atoms with Crippen LogP contribution in [0, 0.1) is 12.8 Å². The lowest BCUT2D eigenvalue weighted by Gasteiger charge is -2.14. The van der Waals surface area contributed by atoms with Crippen LogP contribution in [0.1, 0.15) is 75.9 Å². The number of aliphatic carboxylic acids is 1. The predicted molar refractivity (Wildman–Crippen MR) is 168 cm³/mol. The minimum atomic E-state index is -0.872. The summed E-state index contributed by atoms with van der Waals surface area (Å²) in [4.78, 5) is 57.3. The van der Waals surface area contributed by atoms with Crippen LogP contribution in [0.5, 0.6) is 0 Å². The number of esters is 1. The second-order valence-corrected chi connectivity index (χ2v) is 11.9. The van der Waals surface area contributed by atoms with E-state index in [2.05, 4.69) is 22.2 Å². The number of carboxylic acid groups (broad SMARTS) is 1. The number of carbonyl (C=O) groups excluding carboxylic acids is 3. The van der Waals surface area contributed by atoms with Crippen molar-refractivity contribution in [3.05, 3.63) is 69.1 Å². The van der Waals surface area contributed by atoms with Gasteiger partial charge in [-0.15, -0.1) is 0 Å². The number of carbonyl (C=O) groups is 4. The molecule has 4 atom stereocenters. The van der Waals surface area contributed by atoms with Gasteiger partial charge in [-0.05, 0) is 80.9 Å². The van der Waals surface area contributed by atoms with Crippen LogP contribution in [-0.2, 0) is 43.2 Å². The van der Waals surface area contributed by atoms with Crippen LogP contribution in [-0.4, -0.2) is 64.8 Å². The number of methoxy groups -OCH3 is 1. The van der Waals surface area contributed by atoms with Gasteiger partial charge in [0.25, 0.3) is 5.91 Å². The fourth-order valence-corrected chi connectivity index (χ4v) is 6.79. The molecule has 0 bridgehead atoms. The number of aliphatic imine (C=N–C) groups is 1. The van der Waals surface area contributed by atoms with E-state index in [4.69, 9.17) is 9.73 Å². The Kier molecular flexibility index (Phi) is 10.1. The molecule has 4 unspecified atom stereocenters. The molecule has 0 radical (unpaired) electrons. The number of allylic oxidation sites excluding steroid dienone is 2. The lowest BCUT2D eigenvalue weighted by Crippen LogP contribution is -2.30. The number of amides is 2. The maximum absolute atomic E-state index is 12.4. The number of carboxylic acids is 1. The zero-order valence-electron chi connectivity index (χ0n) is 26.6. The first-order valence-corrected chi connectivity index (χ1v) is 15.2. The Morgan fingerprint density at radius 3 is 2.36 bits per heavy atom. The summed E-state index contributed by atoms with van der Waals surface area (Å²) in [6.07, 6.45) is 6.22. The Morgan fingerprint density at radius 1 is 1.02 bits per heavy atom. The van der Waals surface area contributed by atoms with Crippen molar-refractivity contribution in [3.63, 3.8) is 0 Å². The van der Waals surface area contributed by atoms with Crippen LogP contribution < -0.4 is 10.6 Å². The zero-order chi connectivity index (χ0) is 32.3. The van der Waals surface area contributed by atoms with E-state index in [0.29, 0.717) is 37.7 Å². The van der Waals surface area contributed by atoms with Crippen molar-refractivity contribution in [3.8, 4) is 0 Å². The number of hydrogen-bond donors (Lipinski definition) is 4. The molecule has 3 aliphatic heterocycles. The maximum atomic E-state index is 12.4. The van der Waals surface area contributed by atoms with E-state index >= 15 is 0 Å². The smallest absolute Gasteiger partial charge is 0.305 e. The van der Waals surface area contributed by atoms with E-state index in [-0.39, 0.29) is 54.7 Å². The van der Waals surface area contributed by atoms with Gasteiger partial charge in [0.2, 0.25) is 5.91 Å². The molecule has 0 aromatic carbocycles. The van der Waals surface area contributed by atoms with Gasteiger partial charge in [0.15, 0.2) is 0 Å². The third-order valence-electron chi connectivity index (χ3n) is 9.47. The molecule has 4 heterocycles. The normalized spacial score (nSPS) is 24.2. The van der Waals surface area contributed by atoms with Crippen LogP contribution in [0.4, 0.5) is 0 Å². The highest BCUT2D eigenvalue weighted by Crippen LogP contribution is 2.34. The van der Waals surface area contributed by atoms with Crippen LogP contribution in [0.3, 0.4) is 0 Å². The zero-order valence-corrected chi connectivity index (χ0v) is 26.6. The van der Waals surface area contributed by atoms with Gasteiger partial charge in [0.05, 0.1) is 31.2 Å². The lowest BCUT2D eigenvalue weighted by atomic mass is 9.91. The van der Waals surface area contributed by atoms with Gasteiger partial charge < -0.3 is 25.5 Å². The third kappa shape index (κ3) is 6.64. The maximum Gasteiger partial charge on any atom is 0.305 e. The van der Waals surface area contributed by atoms with Crippen molar-refractivity contribution in [2.45, 2.75) is 97.7 Å². The molecule has 10 nitrogen and oxygen atoms in total. The average Bonchev–Trinajstić information content (AvgIpc) is 3.63. The third-order valence-corrected chi connectivity index (χ3v) is 9.47. The van der Waals surface area contributed by atoms with E-state index in [0.717, 1.165) is 50.5 Å². The largest absolute Gasteiger partial charge is 0.481 e. The number of ether oxygens (including phenoxy) is 1. The van der Waals surface area contributed by atoms with E-state index < -0.39 is 5.97 Å². The number of rotatable bonds is 13. The Bertz CT molecular complexity index is 1510. The highest BCUT2D eigenvalue weighted by molar-refractivity contribution is 6.04. The minimum Gasteiger partial charge on any atom is -0.481 e. The highest BCUT2D eigenvalue weighted by atomic mass is 16.5. The molecule has 1 saturated heterocycles. The molecule has 0 spiro atoms. The van der Waals surface area contributed by atoms with Gasteiger partial charge in [0, 0.05) is 54.8 Å². The fraction of sp³-hybridized carbons (Fsp3) is 0.500. The molecule has 0 aliphatic carbocycles. The molecule has 44 heavy (non-hydrogen) atoms. The summed E-state index contributed by atoms with van der Waals surface area (Å²) >= 11 is 0. The van der Waals surface area contributed by atoms with E-state index in [9.17, 15) is 24.3 Å². The summed E-state index contributed by atoms with van der Waals surface area (Å²) in [5.41, 5.74) is 9.33. The lowest BCUT2D eigenvalue weighted by molar-refractivity contribution is -0.140. The number of aromatic nitrogens is 1. The molecule has 4 rings (SSSR count). The molecule has 1 aromatic rings. The van der Waals surface area contributed by atoms with Crippen molar-refractivity contribution >= 4 is 29.5 Å². The molecule has 4 N–H and O–H groups in total. The molecule has 10 heteroatoms. The van der Waals surface area contributed by atoms with Crippen LogP contribution in [0.15, 0.2) is 51.6 Å². The van der Waals surface area contributed by atoms with Crippen molar-refractivity contribution in [1.29, 1.82) is 0 Å². The summed E-state index contributed by atoms with van der Waals surface area (Å²) in [5.74, 6) is -1.50. The summed E-state index contributed by atoms with van der Waals surface area (Å²) in [6.45, 7) is 13.6. The summed E-state index contributed by atoms with van der Waals surface area (Å²) < 4.78 is 4.91. The molecule has 1 aromatic heterocycles. The fourth-order valence-electron chi connectivity index (χ4n) is 6.79. The molecule has 1 fully saturated rings. The van der Waals surface area contributed by atoms with E-state index in [1.165, 1.54) is 7.11 Å². The Balaban J connectivity index is 1.67. The Morgan fingerprint density at radius 2 is 1.75 bits per heavy atom. The van der Waals surface area contributed by atoms with Gasteiger partial charge in [0.1, 0.15) is 0 Å².